The van der Waals surface area contributed by atoms with Gasteiger partial charge in [-0.1, -0.05) is 54.2 Å². The summed E-state index contributed by atoms with van der Waals surface area (Å²) in [6.45, 7) is 5.48. The first kappa shape index (κ1) is 22.6. The quantitative estimate of drug-likeness (QED) is 0.177. The van der Waals surface area contributed by atoms with E-state index in [4.69, 9.17) is 10.6 Å². The smallest absolute Gasteiger partial charge is 0.340 e. The molecular formula is C24H25N5O3S. The molecule has 0 spiro atoms. The Bertz CT molecular complexity index is 1340. The van der Waals surface area contributed by atoms with Gasteiger partial charge in [-0.2, -0.15) is 0 Å². The van der Waals surface area contributed by atoms with Gasteiger partial charge in [-0.15, -0.1) is 10.2 Å². The second-order valence-corrected chi connectivity index (χ2v) is 8.58. The number of fused-ring (bicyclic) bond motifs is 1. The number of nitrogen functional groups attached to an aromatic ring is 1. The lowest BCUT2D eigenvalue weighted by molar-refractivity contribution is 0.0522. The molecule has 0 fully saturated rings. The molecule has 4 aromatic rings. The number of hydrogen-bond donors (Lipinski definition) is 2. The average Bonchev–Trinajstić information content (AvgIpc) is 3.30. The number of benzene rings is 2. The first-order chi connectivity index (χ1) is 15.9. The van der Waals surface area contributed by atoms with Crippen molar-refractivity contribution >= 4 is 34.3 Å². The molecule has 0 saturated heterocycles. The summed E-state index contributed by atoms with van der Waals surface area (Å²) in [7, 11) is 0. The minimum absolute atomic E-state index is 0.0636. The predicted octanol–water partition coefficient (Wildman–Crippen LogP) is 3.83. The Labute approximate surface area is 195 Å². The molecule has 2 aromatic heterocycles. The third-order valence-corrected chi connectivity index (χ3v) is 6.37. The largest absolute Gasteiger partial charge is 0.462 e. The summed E-state index contributed by atoms with van der Waals surface area (Å²) < 4.78 is 6.54. The van der Waals surface area contributed by atoms with E-state index in [0.29, 0.717) is 34.4 Å². The summed E-state index contributed by atoms with van der Waals surface area (Å²) in [6, 6.07) is 14.2. The number of ether oxygens (including phenoxy) is 1. The number of carbonyl (C=O) groups is 2. The highest BCUT2D eigenvalue weighted by molar-refractivity contribution is 7.99. The van der Waals surface area contributed by atoms with Crippen LogP contribution in [0.5, 0.6) is 0 Å². The number of aromatic amines is 1. The highest BCUT2D eigenvalue weighted by Gasteiger charge is 2.26. The van der Waals surface area contributed by atoms with Crippen LogP contribution in [-0.2, 0) is 11.2 Å². The third kappa shape index (κ3) is 4.49. The van der Waals surface area contributed by atoms with Crippen molar-refractivity contribution in [2.75, 3.05) is 18.2 Å². The summed E-state index contributed by atoms with van der Waals surface area (Å²) in [6.07, 6.45) is 0.516. The number of carbonyl (C=O) groups excluding carboxylic acids is 2. The van der Waals surface area contributed by atoms with Crippen molar-refractivity contribution < 1.29 is 14.3 Å². The van der Waals surface area contributed by atoms with E-state index in [1.807, 2.05) is 24.3 Å². The predicted molar refractivity (Wildman–Crippen MR) is 128 cm³/mol. The Morgan fingerprint density at radius 1 is 1.06 bits per heavy atom. The molecule has 0 saturated carbocycles. The van der Waals surface area contributed by atoms with E-state index >= 15 is 0 Å². The Balaban J connectivity index is 1.51. The van der Waals surface area contributed by atoms with Gasteiger partial charge in [-0.3, -0.25) is 4.79 Å². The van der Waals surface area contributed by atoms with Crippen LogP contribution in [0, 0.1) is 13.8 Å². The average molecular weight is 464 g/mol. The van der Waals surface area contributed by atoms with E-state index < -0.39 is 5.97 Å². The lowest BCUT2D eigenvalue weighted by atomic mass is 10.0. The molecule has 2 aromatic carbocycles. The van der Waals surface area contributed by atoms with Crippen LogP contribution in [-0.4, -0.2) is 44.0 Å². The number of esters is 1. The standard InChI is InChI=1S/C24H25N5O3S/c1-4-32-23(31)22-15(3)26-14(2)21(22)19(30)13-33-24-28-27-20(29(24)25)12-17-10-7-9-16-8-5-6-11-18(16)17/h5-11,26H,4,12-13,25H2,1-3H3. The molecule has 4 rings (SSSR count). The molecule has 0 atom stereocenters. The van der Waals surface area contributed by atoms with Gasteiger partial charge in [0.15, 0.2) is 11.6 Å². The fourth-order valence-electron chi connectivity index (χ4n) is 3.93. The van der Waals surface area contributed by atoms with E-state index in [-0.39, 0.29) is 23.7 Å². The molecule has 0 unspecified atom stereocenters. The fourth-order valence-corrected chi connectivity index (χ4v) is 4.68. The van der Waals surface area contributed by atoms with Gasteiger partial charge in [0.25, 0.3) is 0 Å². The maximum absolute atomic E-state index is 13.0. The van der Waals surface area contributed by atoms with Crippen LogP contribution in [0.1, 0.15) is 50.4 Å². The van der Waals surface area contributed by atoms with Crippen molar-refractivity contribution in [2.45, 2.75) is 32.3 Å². The second kappa shape index (κ2) is 9.50. The van der Waals surface area contributed by atoms with Crippen molar-refractivity contribution in [3.63, 3.8) is 0 Å². The minimum atomic E-state index is -0.507. The van der Waals surface area contributed by atoms with Crippen molar-refractivity contribution in [3.05, 3.63) is 76.4 Å². The summed E-state index contributed by atoms with van der Waals surface area (Å²) in [5.41, 5.74) is 2.96. The Morgan fingerprint density at radius 3 is 2.58 bits per heavy atom. The third-order valence-electron chi connectivity index (χ3n) is 5.43. The van der Waals surface area contributed by atoms with Crippen LogP contribution < -0.4 is 5.84 Å². The minimum Gasteiger partial charge on any atom is -0.462 e. The molecule has 8 nitrogen and oxygen atoms in total. The monoisotopic (exact) mass is 463 g/mol. The molecular weight excluding hydrogens is 438 g/mol. The lowest BCUT2D eigenvalue weighted by Crippen LogP contribution is -2.16. The van der Waals surface area contributed by atoms with Crippen LogP contribution in [0.4, 0.5) is 0 Å². The van der Waals surface area contributed by atoms with Crippen LogP contribution in [0.2, 0.25) is 0 Å². The van der Waals surface area contributed by atoms with Crippen molar-refractivity contribution in [3.8, 4) is 0 Å². The normalized spacial score (nSPS) is 11.1. The number of thioether (sulfide) groups is 1. The van der Waals surface area contributed by atoms with Crippen molar-refractivity contribution in [2.24, 2.45) is 0 Å². The van der Waals surface area contributed by atoms with Crippen LogP contribution in [0.15, 0.2) is 47.6 Å². The Morgan fingerprint density at radius 2 is 1.79 bits per heavy atom. The molecule has 0 amide bonds. The van der Waals surface area contributed by atoms with Gasteiger partial charge in [0.1, 0.15) is 0 Å². The number of ketones is 1. The van der Waals surface area contributed by atoms with Crippen LogP contribution >= 0.6 is 11.8 Å². The summed E-state index contributed by atoms with van der Waals surface area (Å²) in [5.74, 6) is 6.20. The first-order valence-electron chi connectivity index (χ1n) is 10.6. The van der Waals surface area contributed by atoms with E-state index in [0.717, 1.165) is 16.3 Å². The lowest BCUT2D eigenvalue weighted by Gasteiger charge is -2.07. The fraction of sp³-hybridized carbons (Fsp3) is 0.250. The molecule has 0 aliphatic heterocycles. The van der Waals surface area contributed by atoms with E-state index in [9.17, 15) is 9.59 Å². The molecule has 0 bridgehead atoms. The zero-order chi connectivity index (χ0) is 23.5. The van der Waals surface area contributed by atoms with Crippen molar-refractivity contribution in [1.29, 1.82) is 0 Å². The maximum Gasteiger partial charge on any atom is 0.340 e. The van der Waals surface area contributed by atoms with E-state index in [1.165, 1.54) is 16.4 Å². The molecule has 0 aliphatic carbocycles. The second-order valence-electron chi connectivity index (χ2n) is 7.64. The molecule has 0 aliphatic rings. The van der Waals surface area contributed by atoms with Gasteiger partial charge in [0, 0.05) is 17.8 Å². The van der Waals surface area contributed by atoms with Gasteiger partial charge in [0.2, 0.25) is 5.16 Å². The zero-order valence-electron chi connectivity index (χ0n) is 18.7. The highest BCUT2D eigenvalue weighted by atomic mass is 32.2. The van der Waals surface area contributed by atoms with Gasteiger partial charge >= 0.3 is 5.97 Å². The van der Waals surface area contributed by atoms with Crippen LogP contribution in [0.25, 0.3) is 10.8 Å². The Hall–Kier alpha value is -3.59. The SMILES string of the molecule is CCOC(=O)c1c(C)[nH]c(C)c1C(=O)CSc1nnc(Cc2cccc3ccccc23)n1N. The molecule has 170 valence electrons. The molecule has 33 heavy (non-hydrogen) atoms. The van der Waals surface area contributed by atoms with Gasteiger partial charge < -0.3 is 15.6 Å². The highest BCUT2D eigenvalue weighted by Crippen LogP contribution is 2.25. The number of hydrogen-bond acceptors (Lipinski definition) is 7. The van der Waals surface area contributed by atoms with Gasteiger partial charge in [-0.25, -0.2) is 9.47 Å². The van der Waals surface area contributed by atoms with E-state index in [2.05, 4.69) is 33.4 Å². The number of aromatic nitrogens is 4. The maximum atomic E-state index is 13.0. The molecule has 9 heteroatoms. The Kier molecular flexibility index (Phi) is 6.50. The number of rotatable bonds is 8. The number of H-pyrrole nitrogens is 1. The summed E-state index contributed by atoms with van der Waals surface area (Å²) in [4.78, 5) is 28.4. The topological polar surface area (TPSA) is 116 Å². The van der Waals surface area contributed by atoms with E-state index in [1.54, 1.807) is 20.8 Å². The summed E-state index contributed by atoms with van der Waals surface area (Å²) >= 11 is 1.19. The number of nitrogens with two attached hydrogens (primary N) is 1. The van der Waals surface area contributed by atoms with Gasteiger partial charge in [-0.05, 0) is 37.1 Å². The van der Waals surface area contributed by atoms with Gasteiger partial charge in [0.05, 0.1) is 23.5 Å². The molecule has 0 radical (unpaired) electrons. The molecule has 3 N–H and O–H groups in total. The number of Topliss-reactive ketones (excluding diaryl/α,β-unsaturated/α-hetero) is 1. The number of aryl methyl sites for hydroxylation is 2. The number of nitrogens with one attached hydrogen (secondary N) is 1. The molecule has 2 heterocycles. The van der Waals surface area contributed by atoms with Crippen molar-refractivity contribution in [1.82, 2.24) is 19.9 Å². The zero-order valence-corrected chi connectivity index (χ0v) is 19.5. The number of nitrogens with zero attached hydrogens (tertiary/aromatic N) is 3. The summed E-state index contributed by atoms with van der Waals surface area (Å²) in [5, 5.41) is 11.1. The first-order valence-corrected chi connectivity index (χ1v) is 11.6. The van der Waals surface area contributed by atoms with Crippen LogP contribution in [0.3, 0.4) is 0 Å².